The fourth-order valence-corrected chi connectivity index (χ4v) is 4.13. The predicted octanol–water partition coefficient (Wildman–Crippen LogP) is 1.25. The van der Waals surface area contributed by atoms with Gasteiger partial charge in [-0.2, -0.15) is 0 Å². The Morgan fingerprint density at radius 1 is 0.750 bits per heavy atom. The average Bonchev–Trinajstić information content (AvgIpc) is 3.02. The molecule has 0 aliphatic carbocycles. The Bertz CT molecular complexity index is 853. The zero-order chi connectivity index (χ0) is 19.9. The van der Waals surface area contributed by atoms with E-state index in [9.17, 15) is 0 Å². The minimum absolute atomic E-state index is 0. The second-order valence-corrected chi connectivity index (χ2v) is 8.15. The first kappa shape index (κ1) is 22.1. The van der Waals surface area contributed by atoms with Crippen molar-refractivity contribution in [2.45, 2.75) is 27.7 Å². The number of rotatable bonds is 4. The van der Waals surface area contributed by atoms with Crippen molar-refractivity contribution in [1.29, 1.82) is 0 Å². The van der Waals surface area contributed by atoms with Gasteiger partial charge in [-0.05, 0) is 74.2 Å². The molecule has 0 unspecified atom stereocenters. The van der Waals surface area contributed by atoms with Gasteiger partial charge in [0.05, 0.1) is 0 Å². The van der Waals surface area contributed by atoms with Crippen molar-refractivity contribution < 1.29 is 17.0 Å². The lowest BCUT2D eigenvalue weighted by Crippen LogP contribution is -3.00. The summed E-state index contributed by atoms with van der Waals surface area (Å²) >= 11 is 0. The van der Waals surface area contributed by atoms with Crippen molar-refractivity contribution in [3.8, 4) is 0 Å². The number of hydrogen-bond donors (Lipinski definition) is 0. The van der Waals surface area contributed by atoms with Gasteiger partial charge < -0.3 is 22.2 Å². The second kappa shape index (κ2) is 8.44. The van der Waals surface area contributed by atoms with Crippen LogP contribution in [0.4, 0.5) is 22.7 Å². The first-order valence-corrected chi connectivity index (χ1v) is 9.64. The van der Waals surface area contributed by atoms with Crippen LogP contribution in [-0.4, -0.2) is 52.2 Å². The van der Waals surface area contributed by atoms with Gasteiger partial charge in [0, 0.05) is 39.6 Å². The molecule has 0 spiro atoms. The van der Waals surface area contributed by atoms with Crippen LogP contribution >= 0.6 is 0 Å². The number of halogens is 1. The van der Waals surface area contributed by atoms with Gasteiger partial charge in [0.15, 0.2) is 0 Å². The molecule has 2 aromatic carbocycles. The van der Waals surface area contributed by atoms with Crippen molar-refractivity contribution in [1.82, 2.24) is 0 Å². The van der Waals surface area contributed by atoms with Crippen molar-refractivity contribution in [2.75, 3.05) is 56.0 Å². The van der Waals surface area contributed by atoms with Gasteiger partial charge in [-0.3, -0.25) is 0 Å². The lowest BCUT2D eigenvalue weighted by atomic mass is 10.1. The van der Waals surface area contributed by atoms with E-state index in [-0.39, 0.29) is 12.4 Å². The summed E-state index contributed by atoms with van der Waals surface area (Å²) < 4.78 is 2.41. The average molecular weight is 401 g/mol. The molecule has 0 atom stereocenters. The number of benzene rings is 2. The third-order valence-electron chi connectivity index (χ3n) is 5.42. The monoisotopic (exact) mass is 400 g/mol. The number of hydrogen-bond acceptors (Lipinski definition) is 3. The molecule has 0 saturated heterocycles. The van der Waals surface area contributed by atoms with E-state index >= 15 is 0 Å². The maximum absolute atomic E-state index is 2.41. The van der Waals surface area contributed by atoms with Gasteiger partial charge in [0.2, 0.25) is 6.34 Å². The fourth-order valence-electron chi connectivity index (χ4n) is 4.13. The SMILES string of the molecule is Cc1cc(N(C)C)cc(C)c1N1C=[N+](c2c(C)cc(N(C)C)cc2C)CC1.[Cl-]. The van der Waals surface area contributed by atoms with Crippen molar-refractivity contribution in [3.63, 3.8) is 0 Å². The molecular formula is C23H33ClN4. The quantitative estimate of drug-likeness (QED) is 0.717. The summed E-state index contributed by atoms with van der Waals surface area (Å²) in [5.74, 6) is 0. The van der Waals surface area contributed by atoms with E-state index in [1.54, 1.807) is 0 Å². The lowest BCUT2D eigenvalue weighted by Gasteiger charge is -2.18. The molecule has 0 saturated carbocycles. The summed E-state index contributed by atoms with van der Waals surface area (Å²) in [7, 11) is 8.39. The summed E-state index contributed by atoms with van der Waals surface area (Å²) in [5, 5.41) is 0. The Balaban J connectivity index is 0.00000280. The molecule has 4 nitrogen and oxygen atoms in total. The molecule has 0 fully saturated rings. The molecular weight excluding hydrogens is 368 g/mol. The Hall–Kier alpha value is -2.20. The van der Waals surface area contributed by atoms with Gasteiger partial charge in [0.1, 0.15) is 24.5 Å². The molecule has 1 aliphatic rings. The van der Waals surface area contributed by atoms with Crippen molar-refractivity contribution >= 4 is 29.1 Å². The van der Waals surface area contributed by atoms with Crippen LogP contribution in [-0.2, 0) is 0 Å². The summed E-state index contributed by atoms with van der Waals surface area (Å²) in [4.78, 5) is 6.74. The van der Waals surface area contributed by atoms with Crippen LogP contribution in [0, 0.1) is 27.7 Å². The first-order chi connectivity index (χ1) is 12.7. The van der Waals surface area contributed by atoms with Gasteiger partial charge in [-0.15, -0.1) is 0 Å². The molecule has 0 N–H and O–H groups in total. The molecule has 2 aromatic rings. The molecule has 1 heterocycles. The zero-order valence-corrected chi connectivity index (χ0v) is 19.2. The maximum atomic E-state index is 2.41. The van der Waals surface area contributed by atoms with Crippen LogP contribution in [0.3, 0.4) is 0 Å². The van der Waals surface area contributed by atoms with Gasteiger partial charge >= 0.3 is 0 Å². The molecule has 28 heavy (non-hydrogen) atoms. The smallest absolute Gasteiger partial charge is 0.244 e. The van der Waals surface area contributed by atoms with Crippen LogP contribution in [0.25, 0.3) is 0 Å². The van der Waals surface area contributed by atoms with Gasteiger partial charge in [-0.1, -0.05) is 0 Å². The Morgan fingerprint density at radius 2 is 1.18 bits per heavy atom. The third kappa shape index (κ3) is 4.12. The first-order valence-electron chi connectivity index (χ1n) is 9.64. The highest BCUT2D eigenvalue weighted by Gasteiger charge is 2.27. The molecule has 0 amide bonds. The van der Waals surface area contributed by atoms with E-state index in [0.717, 1.165) is 13.1 Å². The predicted molar refractivity (Wildman–Crippen MR) is 119 cm³/mol. The molecule has 1 aliphatic heterocycles. The molecule has 0 aromatic heterocycles. The highest BCUT2D eigenvalue weighted by atomic mass is 35.5. The fraction of sp³-hybridized carbons (Fsp3) is 0.435. The van der Waals surface area contributed by atoms with Crippen molar-refractivity contribution in [3.05, 3.63) is 46.5 Å². The standard InChI is InChI=1S/C23H33N4.ClH/c1-16-11-20(24(5)6)12-17(2)22(16)26-9-10-27(15-26)23-18(3)13-21(25(7)8)14-19(23)4;/h11-15H,9-10H2,1-8H3;1H/q+1;/p-1. The van der Waals surface area contributed by atoms with E-state index in [1.807, 2.05) is 0 Å². The topological polar surface area (TPSA) is 12.7 Å². The Labute approximate surface area is 176 Å². The van der Waals surface area contributed by atoms with Crippen molar-refractivity contribution in [2.24, 2.45) is 0 Å². The lowest BCUT2D eigenvalue weighted by molar-refractivity contribution is -0.425. The normalized spacial score (nSPS) is 13.3. The number of aryl methyl sites for hydroxylation is 4. The largest absolute Gasteiger partial charge is 1.00 e. The minimum atomic E-state index is 0. The van der Waals surface area contributed by atoms with Gasteiger partial charge in [-0.25, -0.2) is 9.48 Å². The van der Waals surface area contributed by atoms with E-state index in [0.29, 0.717) is 0 Å². The summed E-state index contributed by atoms with van der Waals surface area (Å²) in [6.07, 6.45) is 2.29. The second-order valence-electron chi connectivity index (χ2n) is 8.15. The zero-order valence-electron chi connectivity index (χ0n) is 18.5. The maximum Gasteiger partial charge on any atom is 0.244 e. The van der Waals surface area contributed by atoms with Crippen LogP contribution in [0.1, 0.15) is 22.3 Å². The summed E-state index contributed by atoms with van der Waals surface area (Å²) in [6, 6.07) is 9.12. The van der Waals surface area contributed by atoms with Crippen LogP contribution in [0.5, 0.6) is 0 Å². The van der Waals surface area contributed by atoms with Crippen LogP contribution < -0.4 is 27.1 Å². The molecule has 3 rings (SSSR count). The summed E-state index contributed by atoms with van der Waals surface area (Å²) in [5.41, 5.74) is 10.5. The highest BCUT2D eigenvalue weighted by Crippen LogP contribution is 2.33. The number of nitrogens with zero attached hydrogens (tertiary/aromatic N) is 4. The summed E-state index contributed by atoms with van der Waals surface area (Å²) in [6.45, 7) is 10.9. The van der Waals surface area contributed by atoms with Crippen LogP contribution in [0.2, 0.25) is 0 Å². The Kier molecular flexibility index (Phi) is 6.66. The van der Waals surface area contributed by atoms with E-state index in [4.69, 9.17) is 0 Å². The third-order valence-corrected chi connectivity index (χ3v) is 5.42. The van der Waals surface area contributed by atoms with E-state index in [1.165, 1.54) is 45.0 Å². The molecule has 0 bridgehead atoms. The van der Waals surface area contributed by atoms with Gasteiger partial charge in [0.25, 0.3) is 0 Å². The van der Waals surface area contributed by atoms with Crippen LogP contribution in [0.15, 0.2) is 24.3 Å². The van der Waals surface area contributed by atoms with E-state index < -0.39 is 0 Å². The molecule has 5 heteroatoms. The minimum Gasteiger partial charge on any atom is -1.00 e. The van der Waals surface area contributed by atoms with E-state index in [2.05, 4.69) is 106 Å². The number of anilines is 3. The molecule has 152 valence electrons. The highest BCUT2D eigenvalue weighted by molar-refractivity contribution is 5.83. The Morgan fingerprint density at radius 3 is 1.61 bits per heavy atom. The molecule has 0 radical (unpaired) electrons.